The summed E-state index contributed by atoms with van der Waals surface area (Å²) in [4.78, 5) is 13.8. The molecule has 0 spiro atoms. The van der Waals surface area contributed by atoms with E-state index < -0.39 is 0 Å². The minimum Gasteiger partial charge on any atom is -0.497 e. The normalized spacial score (nSPS) is 11.9. The van der Waals surface area contributed by atoms with Gasteiger partial charge in [-0.25, -0.2) is 0 Å². The van der Waals surface area contributed by atoms with E-state index in [1.54, 1.807) is 25.3 Å². The Hall–Kier alpha value is -2.24. The second kappa shape index (κ2) is 8.74. The Morgan fingerprint density at radius 3 is 2.36 bits per heavy atom. The highest BCUT2D eigenvalue weighted by molar-refractivity contribution is 6.31. The molecule has 0 unspecified atom stereocenters. The van der Waals surface area contributed by atoms with E-state index in [0.717, 1.165) is 11.3 Å². The lowest BCUT2D eigenvalue weighted by molar-refractivity contribution is -0.890. The summed E-state index contributed by atoms with van der Waals surface area (Å²) >= 11 is 6.00. The third-order valence-electron chi connectivity index (χ3n) is 4.09. The maximum Gasteiger partial charge on any atom is 0.255 e. The number of halogens is 1. The number of nitrogens with one attached hydrogen (secondary N) is 2. The average molecular weight is 364 g/mol. The first-order valence-corrected chi connectivity index (χ1v) is 8.39. The number of rotatable bonds is 7. The number of quaternary nitrogens is 1. The summed E-state index contributed by atoms with van der Waals surface area (Å²) in [6, 6.07) is 13.0. The third kappa shape index (κ3) is 4.87. The van der Waals surface area contributed by atoms with Crippen molar-refractivity contribution >= 4 is 17.5 Å². The summed E-state index contributed by atoms with van der Waals surface area (Å²) in [7, 11) is 7.29. The standard InChI is InChI=1S/C19H23ClN2O3/c1-22(2)17(13-5-8-15(24-3)9-6-13)12-21-19(23)16-11-14(20)7-10-18(16)25-4/h5-11,17H,12H2,1-4H3,(H,21,23)/p+1/t17-/m1/s1. The van der Waals surface area contributed by atoms with Gasteiger partial charge in [0.2, 0.25) is 0 Å². The van der Waals surface area contributed by atoms with Gasteiger partial charge in [-0.15, -0.1) is 0 Å². The van der Waals surface area contributed by atoms with Crippen molar-refractivity contribution in [3.63, 3.8) is 0 Å². The molecule has 2 aromatic rings. The lowest BCUT2D eigenvalue weighted by Crippen LogP contribution is -3.07. The molecule has 1 amide bonds. The predicted octanol–water partition coefficient (Wildman–Crippen LogP) is 1.97. The van der Waals surface area contributed by atoms with E-state index >= 15 is 0 Å². The molecular weight excluding hydrogens is 340 g/mol. The number of ether oxygens (including phenoxy) is 2. The molecule has 1 atom stereocenters. The Bertz CT molecular complexity index is 717. The average Bonchev–Trinajstić information content (AvgIpc) is 2.62. The Balaban J connectivity index is 2.13. The van der Waals surface area contributed by atoms with Crippen molar-refractivity contribution in [3.05, 3.63) is 58.6 Å². The summed E-state index contributed by atoms with van der Waals surface area (Å²) in [6.07, 6.45) is 0. The molecule has 0 aliphatic rings. The Kier molecular flexibility index (Phi) is 6.67. The van der Waals surface area contributed by atoms with Crippen LogP contribution < -0.4 is 19.7 Å². The number of likely N-dealkylation sites (N-methyl/N-ethyl adjacent to an activating group) is 1. The van der Waals surface area contributed by atoms with Gasteiger partial charge in [-0.05, 0) is 42.5 Å². The van der Waals surface area contributed by atoms with Crippen molar-refractivity contribution in [2.75, 3.05) is 34.9 Å². The van der Waals surface area contributed by atoms with Crippen LogP contribution in [0.4, 0.5) is 0 Å². The van der Waals surface area contributed by atoms with E-state index in [0.29, 0.717) is 22.9 Å². The Morgan fingerprint density at radius 1 is 1.12 bits per heavy atom. The number of amides is 1. The van der Waals surface area contributed by atoms with Gasteiger partial charge >= 0.3 is 0 Å². The van der Waals surface area contributed by atoms with Gasteiger partial charge in [0, 0.05) is 10.6 Å². The highest BCUT2D eigenvalue weighted by Gasteiger charge is 2.20. The van der Waals surface area contributed by atoms with E-state index in [4.69, 9.17) is 21.1 Å². The molecule has 0 bridgehead atoms. The zero-order chi connectivity index (χ0) is 18.4. The number of carbonyl (C=O) groups is 1. The van der Waals surface area contributed by atoms with E-state index in [1.807, 2.05) is 24.3 Å². The summed E-state index contributed by atoms with van der Waals surface area (Å²) in [5.41, 5.74) is 1.55. The van der Waals surface area contributed by atoms with Gasteiger partial charge in [-0.2, -0.15) is 0 Å². The van der Waals surface area contributed by atoms with Gasteiger partial charge in [0.1, 0.15) is 17.5 Å². The summed E-state index contributed by atoms with van der Waals surface area (Å²) in [5.74, 6) is 1.10. The van der Waals surface area contributed by atoms with Crippen molar-refractivity contribution in [3.8, 4) is 11.5 Å². The van der Waals surface area contributed by atoms with E-state index in [9.17, 15) is 4.79 Å². The quantitative estimate of drug-likeness (QED) is 0.790. The van der Waals surface area contributed by atoms with Gasteiger partial charge in [-0.3, -0.25) is 4.79 Å². The molecular formula is C19H24ClN2O3+. The Morgan fingerprint density at radius 2 is 1.80 bits per heavy atom. The van der Waals surface area contributed by atoms with E-state index in [-0.39, 0.29) is 11.9 Å². The van der Waals surface area contributed by atoms with Gasteiger partial charge in [-0.1, -0.05) is 11.6 Å². The molecule has 0 saturated carbocycles. The molecule has 0 saturated heterocycles. The van der Waals surface area contributed by atoms with Gasteiger partial charge in [0.15, 0.2) is 0 Å². The fraction of sp³-hybridized carbons (Fsp3) is 0.316. The third-order valence-corrected chi connectivity index (χ3v) is 4.32. The van der Waals surface area contributed by atoms with Crippen LogP contribution in [0.5, 0.6) is 11.5 Å². The molecule has 2 N–H and O–H groups in total. The van der Waals surface area contributed by atoms with Crippen molar-refractivity contribution in [1.29, 1.82) is 0 Å². The number of carbonyl (C=O) groups excluding carboxylic acids is 1. The minimum atomic E-state index is -0.209. The van der Waals surface area contributed by atoms with Crippen LogP contribution in [0.1, 0.15) is 22.0 Å². The van der Waals surface area contributed by atoms with Crippen LogP contribution in [0.15, 0.2) is 42.5 Å². The molecule has 6 heteroatoms. The lowest BCUT2D eigenvalue weighted by atomic mass is 10.1. The fourth-order valence-corrected chi connectivity index (χ4v) is 2.81. The van der Waals surface area contributed by atoms with Crippen molar-refractivity contribution in [1.82, 2.24) is 5.32 Å². The van der Waals surface area contributed by atoms with Crippen molar-refractivity contribution in [2.24, 2.45) is 0 Å². The highest BCUT2D eigenvalue weighted by atomic mass is 35.5. The van der Waals surface area contributed by atoms with E-state index in [1.165, 1.54) is 12.0 Å². The second-order valence-electron chi connectivity index (χ2n) is 5.96. The smallest absolute Gasteiger partial charge is 0.255 e. The Labute approximate surface area is 153 Å². The highest BCUT2D eigenvalue weighted by Crippen LogP contribution is 2.22. The summed E-state index contributed by atoms with van der Waals surface area (Å²) in [5, 5.41) is 3.48. The first kappa shape index (κ1) is 19.1. The van der Waals surface area contributed by atoms with Crippen LogP contribution in [0, 0.1) is 0 Å². The molecule has 0 radical (unpaired) electrons. The maximum absolute atomic E-state index is 12.6. The molecule has 5 nitrogen and oxygen atoms in total. The van der Waals surface area contributed by atoms with Gasteiger partial charge < -0.3 is 19.7 Å². The molecule has 134 valence electrons. The SMILES string of the molecule is COc1ccc([C@@H](CNC(=O)c2cc(Cl)ccc2OC)[NH+](C)C)cc1. The fourth-order valence-electron chi connectivity index (χ4n) is 2.64. The molecule has 0 heterocycles. The summed E-state index contributed by atoms with van der Waals surface area (Å²) in [6.45, 7) is 0.489. The zero-order valence-electron chi connectivity index (χ0n) is 14.9. The lowest BCUT2D eigenvalue weighted by Gasteiger charge is -2.22. The summed E-state index contributed by atoms with van der Waals surface area (Å²) < 4.78 is 10.4. The molecule has 25 heavy (non-hydrogen) atoms. The van der Waals surface area contributed by atoms with Crippen LogP contribution in [-0.2, 0) is 0 Å². The van der Waals surface area contributed by atoms with Gasteiger partial charge in [0.25, 0.3) is 5.91 Å². The number of hydrogen-bond donors (Lipinski definition) is 2. The molecule has 0 aromatic heterocycles. The van der Waals surface area contributed by atoms with Crippen molar-refractivity contribution in [2.45, 2.75) is 6.04 Å². The first-order chi connectivity index (χ1) is 12.0. The minimum absolute atomic E-state index is 0.111. The molecule has 0 fully saturated rings. The number of methoxy groups -OCH3 is 2. The largest absolute Gasteiger partial charge is 0.497 e. The monoisotopic (exact) mass is 363 g/mol. The van der Waals surface area contributed by atoms with E-state index in [2.05, 4.69) is 19.4 Å². The zero-order valence-corrected chi connectivity index (χ0v) is 15.7. The van der Waals surface area contributed by atoms with Gasteiger partial charge in [0.05, 0.1) is 40.4 Å². The topological polar surface area (TPSA) is 52.0 Å². The molecule has 2 aromatic carbocycles. The molecule has 2 rings (SSSR count). The number of benzene rings is 2. The predicted molar refractivity (Wildman–Crippen MR) is 98.9 cm³/mol. The molecule has 0 aliphatic heterocycles. The maximum atomic E-state index is 12.6. The first-order valence-electron chi connectivity index (χ1n) is 8.02. The van der Waals surface area contributed by atoms with Crippen molar-refractivity contribution < 1.29 is 19.2 Å². The second-order valence-corrected chi connectivity index (χ2v) is 6.39. The molecule has 0 aliphatic carbocycles. The van der Waals surface area contributed by atoms with Crippen LogP contribution >= 0.6 is 11.6 Å². The van der Waals surface area contributed by atoms with Crippen LogP contribution in [-0.4, -0.2) is 40.8 Å². The van der Waals surface area contributed by atoms with Crippen LogP contribution in [0.2, 0.25) is 5.02 Å². The van der Waals surface area contributed by atoms with Crippen LogP contribution in [0.25, 0.3) is 0 Å². The van der Waals surface area contributed by atoms with Crippen LogP contribution in [0.3, 0.4) is 0 Å². The number of hydrogen-bond acceptors (Lipinski definition) is 3.